The topological polar surface area (TPSA) is 6.48 Å². The summed E-state index contributed by atoms with van der Waals surface area (Å²) in [5.74, 6) is 0. The van der Waals surface area contributed by atoms with Gasteiger partial charge in [-0.2, -0.15) is 10.0 Å². The maximum absolute atomic E-state index is 2.83. The summed E-state index contributed by atoms with van der Waals surface area (Å²) >= 11 is 0. The molecule has 0 saturated heterocycles. The van der Waals surface area contributed by atoms with Crippen LogP contribution in [-0.4, -0.2) is 24.9 Å². The first kappa shape index (κ1) is 22.7. The Hall–Kier alpha value is -3.11. The molecule has 39 heavy (non-hydrogen) atoms. The average Bonchev–Trinajstić information content (AvgIpc) is 3.15. The molecule has 2 unspecified atom stereocenters. The number of anilines is 4. The van der Waals surface area contributed by atoms with Crippen LogP contribution >= 0.6 is 10.0 Å². The first-order valence-corrected chi connectivity index (χ1v) is 17.1. The van der Waals surface area contributed by atoms with Gasteiger partial charge in [0.15, 0.2) is 0 Å². The van der Waals surface area contributed by atoms with Crippen molar-refractivity contribution < 1.29 is 0 Å². The smallest absolute Gasteiger partial charge is 0.333 e. The Labute approximate surface area is 234 Å². The van der Waals surface area contributed by atoms with Crippen LogP contribution in [0, 0.1) is 6.92 Å². The van der Waals surface area contributed by atoms with Crippen LogP contribution < -0.4 is 20.6 Å². The second-order valence-corrected chi connectivity index (χ2v) is 16.9. The largest absolute Gasteiger partial charge is 0.375 e. The zero-order chi connectivity index (χ0) is 26.5. The lowest BCUT2D eigenvalue weighted by molar-refractivity contribution is 0.195. The van der Waals surface area contributed by atoms with Crippen molar-refractivity contribution in [3.05, 3.63) is 83.9 Å². The fourth-order valence-corrected chi connectivity index (χ4v) is 11.7. The molecule has 4 aliphatic heterocycles. The number of benzene rings is 4. The summed E-state index contributed by atoms with van der Waals surface area (Å²) in [5.41, 5.74) is 14.9. The highest BCUT2D eigenvalue weighted by Crippen LogP contribution is 2.69. The normalized spacial score (nSPS) is 26.7. The van der Waals surface area contributed by atoms with Gasteiger partial charge >= 0.3 is 6.85 Å². The number of rotatable bonds is 0. The van der Waals surface area contributed by atoms with Crippen molar-refractivity contribution in [2.24, 2.45) is 0 Å². The molecular formula is C35H35BN2S. The highest BCUT2D eigenvalue weighted by Gasteiger charge is 2.62. The van der Waals surface area contributed by atoms with Gasteiger partial charge < -0.3 is 9.71 Å². The Kier molecular flexibility index (Phi) is 4.05. The van der Waals surface area contributed by atoms with E-state index in [2.05, 4.69) is 116 Å². The molecule has 194 valence electrons. The van der Waals surface area contributed by atoms with Crippen molar-refractivity contribution in [3.8, 4) is 11.1 Å². The summed E-state index contributed by atoms with van der Waals surface area (Å²) in [6.45, 7) is 7.62. The van der Waals surface area contributed by atoms with Crippen LogP contribution in [0.1, 0.15) is 50.7 Å². The monoisotopic (exact) mass is 526 g/mol. The van der Waals surface area contributed by atoms with Gasteiger partial charge in [0.2, 0.25) is 0 Å². The standard InChI is InChI=1S/C35H35BN2S/c1-22-20-24-23-12-10-17-30-32(23)38(27-15-6-7-16-29(27)39(30,4)5)36-26-14-11-13-25-33(26)37(28(21-22)31(24)36)35(3)19-9-8-18-34(25,35)2/h6-7,10-17,20-21H,8-9,18-19H2,1-5H3. The molecule has 0 aromatic heterocycles. The molecular weight excluding hydrogens is 491 g/mol. The maximum Gasteiger partial charge on any atom is 0.333 e. The zero-order valence-corrected chi connectivity index (χ0v) is 24.5. The fourth-order valence-electron chi connectivity index (χ4n) is 9.28. The van der Waals surface area contributed by atoms with E-state index in [9.17, 15) is 0 Å². The minimum absolute atomic E-state index is 0.0876. The first-order valence-electron chi connectivity index (χ1n) is 14.6. The summed E-state index contributed by atoms with van der Waals surface area (Å²) in [6, 6.07) is 28.7. The Morgan fingerprint density at radius 1 is 0.769 bits per heavy atom. The summed E-state index contributed by atoms with van der Waals surface area (Å²) in [6.07, 6.45) is 10.1. The lowest BCUT2D eigenvalue weighted by Crippen LogP contribution is -2.65. The number of nitrogens with zero attached hydrogens (tertiary/aromatic N) is 2. The first-order chi connectivity index (χ1) is 18.8. The average molecular weight is 527 g/mol. The van der Waals surface area contributed by atoms with Gasteiger partial charge in [-0.3, -0.25) is 0 Å². The number of hydrogen-bond donors (Lipinski definition) is 0. The van der Waals surface area contributed by atoms with Crippen LogP contribution in [0.3, 0.4) is 0 Å². The third-order valence-electron chi connectivity index (χ3n) is 11.3. The molecule has 0 spiro atoms. The van der Waals surface area contributed by atoms with Gasteiger partial charge in [0, 0.05) is 43.5 Å². The van der Waals surface area contributed by atoms with Crippen LogP contribution in [-0.2, 0) is 5.41 Å². The molecule has 4 aromatic rings. The lowest BCUT2D eigenvalue weighted by atomic mass is 9.43. The molecule has 4 aromatic carbocycles. The molecule has 1 saturated carbocycles. The van der Waals surface area contributed by atoms with Gasteiger partial charge in [0.05, 0.1) is 5.54 Å². The van der Waals surface area contributed by atoms with E-state index in [0.717, 1.165) is 0 Å². The van der Waals surface area contributed by atoms with Gasteiger partial charge in [-0.05, 0) is 91.1 Å². The minimum Gasteiger partial charge on any atom is -0.375 e. The second-order valence-electron chi connectivity index (χ2n) is 13.4. The van der Waals surface area contributed by atoms with Crippen molar-refractivity contribution in [2.75, 3.05) is 22.2 Å². The van der Waals surface area contributed by atoms with Crippen molar-refractivity contribution in [1.82, 2.24) is 0 Å². The second kappa shape index (κ2) is 6.96. The van der Waals surface area contributed by atoms with E-state index < -0.39 is 10.0 Å². The predicted molar refractivity (Wildman–Crippen MR) is 169 cm³/mol. The highest BCUT2D eigenvalue weighted by molar-refractivity contribution is 8.33. The van der Waals surface area contributed by atoms with E-state index in [1.165, 1.54) is 85.8 Å². The molecule has 0 radical (unpaired) electrons. The number of fused-ring (bicyclic) bond motifs is 9. The van der Waals surface area contributed by atoms with E-state index in [-0.39, 0.29) is 17.8 Å². The van der Waals surface area contributed by atoms with Crippen LogP contribution in [0.25, 0.3) is 11.1 Å². The van der Waals surface area contributed by atoms with E-state index in [0.29, 0.717) is 0 Å². The van der Waals surface area contributed by atoms with Crippen LogP contribution in [0.2, 0.25) is 0 Å². The van der Waals surface area contributed by atoms with Gasteiger partial charge in [0.25, 0.3) is 0 Å². The van der Waals surface area contributed by atoms with Crippen LogP contribution in [0.5, 0.6) is 0 Å². The maximum atomic E-state index is 2.83. The van der Waals surface area contributed by atoms with Gasteiger partial charge in [0.1, 0.15) is 0 Å². The summed E-state index contributed by atoms with van der Waals surface area (Å²) in [5, 5.41) is 0. The molecule has 1 aliphatic carbocycles. The van der Waals surface area contributed by atoms with Crippen molar-refractivity contribution >= 4 is 50.6 Å². The molecule has 0 bridgehead atoms. The summed E-state index contributed by atoms with van der Waals surface area (Å²) < 4.78 is 0. The zero-order valence-electron chi connectivity index (χ0n) is 23.6. The van der Waals surface area contributed by atoms with Gasteiger partial charge in [-0.1, -0.05) is 68.3 Å². The van der Waals surface area contributed by atoms with E-state index in [4.69, 9.17) is 0 Å². The SMILES string of the molecule is Cc1cc2c3c(c1)N1c4c(cccc4C4(C)CCCCC14C)B3N1c3ccccc3S(C)(C)c3cccc-2c31. The lowest BCUT2D eigenvalue weighted by Gasteiger charge is -2.55. The molecule has 2 atom stereocenters. The molecule has 1 fully saturated rings. The number of aryl methyl sites for hydroxylation is 1. The molecule has 0 N–H and O–H groups in total. The summed E-state index contributed by atoms with van der Waals surface area (Å²) in [7, 11) is -1.14. The van der Waals surface area contributed by atoms with Crippen molar-refractivity contribution in [2.45, 2.75) is 67.2 Å². The quantitative estimate of drug-likeness (QED) is 0.216. The molecule has 4 heteroatoms. The van der Waals surface area contributed by atoms with Crippen molar-refractivity contribution in [1.29, 1.82) is 0 Å². The predicted octanol–water partition coefficient (Wildman–Crippen LogP) is 7.77. The summed E-state index contributed by atoms with van der Waals surface area (Å²) in [4.78, 5) is 8.61. The molecule has 9 rings (SSSR count). The Balaban J connectivity index is 1.46. The Morgan fingerprint density at radius 3 is 2.41 bits per heavy atom. The highest BCUT2D eigenvalue weighted by atomic mass is 32.3. The van der Waals surface area contributed by atoms with Gasteiger partial charge in [-0.15, -0.1) is 0 Å². The van der Waals surface area contributed by atoms with E-state index in [1.807, 2.05) is 0 Å². The van der Waals surface area contributed by atoms with Crippen LogP contribution in [0.15, 0.2) is 82.6 Å². The molecule has 2 nitrogen and oxygen atoms in total. The van der Waals surface area contributed by atoms with E-state index in [1.54, 1.807) is 5.56 Å². The van der Waals surface area contributed by atoms with E-state index >= 15 is 0 Å². The molecule has 0 amide bonds. The Morgan fingerprint density at radius 2 is 1.54 bits per heavy atom. The molecule has 4 heterocycles. The molecule has 5 aliphatic rings. The van der Waals surface area contributed by atoms with Gasteiger partial charge in [-0.25, -0.2) is 0 Å². The fraction of sp³-hybridized carbons (Fsp3) is 0.314. The minimum atomic E-state index is -1.14. The number of para-hydroxylation sites is 3. The third-order valence-corrected chi connectivity index (χ3v) is 14.2. The van der Waals surface area contributed by atoms with Crippen LogP contribution in [0.4, 0.5) is 22.7 Å². The third kappa shape index (κ3) is 2.38. The van der Waals surface area contributed by atoms with Crippen molar-refractivity contribution in [3.63, 3.8) is 0 Å². The number of hydrogen-bond acceptors (Lipinski definition) is 2. The Bertz CT molecular complexity index is 1770.